The van der Waals surface area contributed by atoms with Crippen molar-refractivity contribution in [3.63, 3.8) is 0 Å². The maximum absolute atomic E-state index is 13.3. The maximum atomic E-state index is 13.3. The van der Waals surface area contributed by atoms with Crippen LogP contribution in [-0.4, -0.2) is 38.9 Å². The number of para-hydroxylation sites is 1. The summed E-state index contributed by atoms with van der Waals surface area (Å²) in [6.07, 6.45) is 1.69. The molecule has 1 fully saturated rings. The zero-order valence-corrected chi connectivity index (χ0v) is 21.4. The molecule has 0 bridgehead atoms. The molecule has 0 spiro atoms. The molecule has 0 saturated heterocycles. The van der Waals surface area contributed by atoms with Crippen LogP contribution in [0.25, 0.3) is 0 Å². The molecule has 1 saturated carbocycles. The molecule has 0 unspecified atom stereocenters. The van der Waals surface area contributed by atoms with Gasteiger partial charge in [-0.1, -0.05) is 38.1 Å². The molecule has 8 heteroatoms. The Morgan fingerprint density at radius 2 is 1.89 bits per heavy atom. The number of hydrogen-bond acceptors (Lipinski definition) is 7. The van der Waals surface area contributed by atoms with Crippen molar-refractivity contribution < 1.29 is 20.1 Å². The zero-order chi connectivity index (χ0) is 25.5. The van der Waals surface area contributed by atoms with Crippen molar-refractivity contribution in [2.75, 3.05) is 17.2 Å². The Balaban J connectivity index is 1.51. The second kappa shape index (κ2) is 9.50. The first kappa shape index (κ1) is 24.7. The van der Waals surface area contributed by atoms with Crippen LogP contribution in [0.5, 0.6) is 5.75 Å². The van der Waals surface area contributed by atoms with Gasteiger partial charge < -0.3 is 26.0 Å². The molecule has 5 atom stereocenters. The van der Waals surface area contributed by atoms with Crippen LogP contribution in [0.3, 0.4) is 0 Å². The van der Waals surface area contributed by atoms with Gasteiger partial charge in [-0.25, -0.2) is 4.98 Å². The smallest absolute Gasteiger partial charge is 0.225 e. The number of carbonyl (C=O) groups is 1. The summed E-state index contributed by atoms with van der Waals surface area (Å²) in [7, 11) is 0. The number of fused-ring (bicyclic) bond motifs is 2. The molecule has 1 amide bonds. The van der Waals surface area contributed by atoms with Gasteiger partial charge in [-0.15, -0.1) is 11.3 Å². The second-order valence-corrected chi connectivity index (χ2v) is 11.7. The van der Waals surface area contributed by atoms with Gasteiger partial charge in [-0.3, -0.25) is 4.79 Å². The van der Waals surface area contributed by atoms with E-state index in [1.165, 1.54) is 11.3 Å². The SMILES string of the molecule is C[C@]1(CO)[C@H]2Cc3sc(Nc4cccc(O)c4)nc3[C@@H](CC(=O)Nc3ccccc3)[C@]2(C)CC[C@H]1O. The van der Waals surface area contributed by atoms with Gasteiger partial charge in [0.05, 0.1) is 18.4 Å². The van der Waals surface area contributed by atoms with Crippen molar-refractivity contribution in [2.24, 2.45) is 16.7 Å². The molecule has 7 nitrogen and oxygen atoms in total. The summed E-state index contributed by atoms with van der Waals surface area (Å²) in [5.41, 5.74) is 1.43. The molecule has 0 radical (unpaired) electrons. The van der Waals surface area contributed by atoms with Crippen LogP contribution in [0.15, 0.2) is 54.6 Å². The molecule has 5 rings (SSSR count). The summed E-state index contributed by atoms with van der Waals surface area (Å²) in [6, 6.07) is 16.3. The van der Waals surface area contributed by atoms with E-state index in [0.717, 1.165) is 28.4 Å². The third-order valence-electron chi connectivity index (χ3n) is 8.44. The lowest BCUT2D eigenvalue weighted by atomic mass is 9.47. The fraction of sp³-hybridized carbons (Fsp3) is 0.429. The number of thiazole rings is 1. The van der Waals surface area contributed by atoms with E-state index in [0.29, 0.717) is 18.0 Å². The third-order valence-corrected chi connectivity index (χ3v) is 9.45. The highest BCUT2D eigenvalue weighted by Gasteiger charge is 2.59. The predicted octanol–water partition coefficient (Wildman–Crippen LogP) is 5.04. The van der Waals surface area contributed by atoms with Gasteiger partial charge in [0, 0.05) is 40.1 Å². The van der Waals surface area contributed by atoms with E-state index in [4.69, 9.17) is 4.98 Å². The number of phenols is 1. The van der Waals surface area contributed by atoms with Crippen molar-refractivity contribution in [2.45, 2.75) is 51.6 Å². The van der Waals surface area contributed by atoms with E-state index < -0.39 is 11.5 Å². The standard InChI is InChI=1S/C28H33N3O4S/c1-27-12-11-23(34)28(2,16-32)22(27)15-21-25(20(27)14-24(35)29-17-7-4-3-5-8-17)31-26(36-21)30-18-9-6-10-19(33)13-18/h3-10,13,20,22-23,32-34H,11-12,14-16H2,1-2H3,(H,29,35)(H,30,31)/t20-,22+,23-,27+,28+/m1/s1. The summed E-state index contributed by atoms with van der Waals surface area (Å²) in [5.74, 6) is -0.0755. The molecular weight excluding hydrogens is 474 g/mol. The van der Waals surface area contributed by atoms with E-state index in [1.807, 2.05) is 43.3 Å². The molecular formula is C28H33N3O4S. The molecule has 2 aliphatic carbocycles. The van der Waals surface area contributed by atoms with Gasteiger partial charge in [0.2, 0.25) is 5.91 Å². The number of rotatable bonds is 6. The highest BCUT2D eigenvalue weighted by Crippen LogP contribution is 2.63. The summed E-state index contributed by atoms with van der Waals surface area (Å²) in [6.45, 7) is 4.06. The number of benzene rings is 2. The second-order valence-electron chi connectivity index (χ2n) is 10.7. The molecule has 5 N–H and O–H groups in total. The minimum atomic E-state index is -0.665. The monoisotopic (exact) mass is 507 g/mol. The third kappa shape index (κ3) is 4.38. The van der Waals surface area contributed by atoms with Crippen LogP contribution >= 0.6 is 11.3 Å². The van der Waals surface area contributed by atoms with Crippen molar-refractivity contribution in [1.82, 2.24) is 4.98 Å². The number of aliphatic hydroxyl groups excluding tert-OH is 2. The molecule has 2 aromatic carbocycles. The fourth-order valence-corrected chi connectivity index (χ4v) is 7.41. The van der Waals surface area contributed by atoms with E-state index >= 15 is 0 Å². The Hall–Kier alpha value is -2.94. The van der Waals surface area contributed by atoms with Crippen LogP contribution < -0.4 is 10.6 Å². The number of nitrogens with one attached hydrogen (secondary N) is 2. The van der Waals surface area contributed by atoms with E-state index in [9.17, 15) is 20.1 Å². The molecule has 3 aromatic rings. The van der Waals surface area contributed by atoms with Crippen LogP contribution in [0.2, 0.25) is 0 Å². The number of aromatic nitrogens is 1. The lowest BCUT2D eigenvalue weighted by Gasteiger charge is -2.58. The van der Waals surface area contributed by atoms with Gasteiger partial charge >= 0.3 is 0 Å². The number of aliphatic hydroxyl groups is 2. The highest BCUT2D eigenvalue weighted by molar-refractivity contribution is 7.15. The first-order valence-corrected chi connectivity index (χ1v) is 13.2. The van der Waals surface area contributed by atoms with Crippen molar-refractivity contribution in [3.05, 3.63) is 65.2 Å². The predicted molar refractivity (Wildman–Crippen MR) is 142 cm³/mol. The Morgan fingerprint density at radius 1 is 1.14 bits per heavy atom. The number of amides is 1. The van der Waals surface area contributed by atoms with Crippen LogP contribution in [0, 0.1) is 16.7 Å². The number of anilines is 3. The van der Waals surface area contributed by atoms with Crippen molar-refractivity contribution in [3.8, 4) is 5.75 Å². The molecule has 1 heterocycles. The average Bonchev–Trinajstić information content (AvgIpc) is 3.25. The van der Waals surface area contributed by atoms with Crippen LogP contribution in [0.1, 0.15) is 49.6 Å². The summed E-state index contributed by atoms with van der Waals surface area (Å²) in [4.78, 5) is 19.3. The number of hydrogen-bond donors (Lipinski definition) is 5. The van der Waals surface area contributed by atoms with E-state index in [2.05, 4.69) is 17.6 Å². The quantitative estimate of drug-likeness (QED) is 0.319. The molecule has 1 aromatic heterocycles. The molecule has 36 heavy (non-hydrogen) atoms. The van der Waals surface area contributed by atoms with Crippen molar-refractivity contribution in [1.29, 1.82) is 0 Å². The lowest BCUT2D eigenvalue weighted by Crippen LogP contribution is -2.57. The van der Waals surface area contributed by atoms with Crippen LogP contribution in [-0.2, 0) is 11.2 Å². The first-order chi connectivity index (χ1) is 17.2. The number of aromatic hydroxyl groups is 1. The average molecular weight is 508 g/mol. The van der Waals surface area contributed by atoms with Gasteiger partial charge in [-0.05, 0) is 54.9 Å². The first-order valence-electron chi connectivity index (χ1n) is 12.4. The van der Waals surface area contributed by atoms with Crippen molar-refractivity contribution >= 4 is 33.8 Å². The van der Waals surface area contributed by atoms with Gasteiger partial charge in [0.1, 0.15) is 5.75 Å². The lowest BCUT2D eigenvalue weighted by molar-refractivity contribution is -0.143. The van der Waals surface area contributed by atoms with E-state index in [1.54, 1.807) is 18.2 Å². The Bertz CT molecular complexity index is 1250. The van der Waals surface area contributed by atoms with Crippen LogP contribution in [0.4, 0.5) is 16.5 Å². The van der Waals surface area contributed by atoms with Gasteiger partial charge in [0.15, 0.2) is 5.13 Å². The molecule has 190 valence electrons. The largest absolute Gasteiger partial charge is 0.508 e. The van der Waals surface area contributed by atoms with Gasteiger partial charge in [0.25, 0.3) is 0 Å². The minimum absolute atomic E-state index is 0.00477. The molecule has 0 aliphatic heterocycles. The summed E-state index contributed by atoms with van der Waals surface area (Å²) >= 11 is 1.54. The Kier molecular flexibility index (Phi) is 6.53. The summed E-state index contributed by atoms with van der Waals surface area (Å²) in [5, 5.41) is 38.2. The number of nitrogens with zero attached hydrogens (tertiary/aromatic N) is 1. The molecule has 2 aliphatic rings. The van der Waals surface area contributed by atoms with E-state index in [-0.39, 0.29) is 41.9 Å². The maximum Gasteiger partial charge on any atom is 0.225 e. The Labute approximate surface area is 215 Å². The number of carbonyl (C=O) groups excluding carboxylic acids is 1. The number of phenolic OH excluding ortho intramolecular Hbond substituents is 1. The van der Waals surface area contributed by atoms with Gasteiger partial charge in [-0.2, -0.15) is 0 Å². The normalized spacial score (nSPS) is 29.2. The highest BCUT2D eigenvalue weighted by atomic mass is 32.1. The zero-order valence-electron chi connectivity index (χ0n) is 20.6. The minimum Gasteiger partial charge on any atom is -0.508 e. The Morgan fingerprint density at radius 3 is 2.61 bits per heavy atom. The summed E-state index contributed by atoms with van der Waals surface area (Å²) < 4.78 is 0. The fourth-order valence-electron chi connectivity index (χ4n) is 6.33. The topological polar surface area (TPSA) is 115 Å².